The number of rotatable bonds is 6. The van der Waals surface area contributed by atoms with Crippen LogP contribution in [-0.4, -0.2) is 24.5 Å². The van der Waals surface area contributed by atoms with Crippen LogP contribution in [0.2, 0.25) is 0 Å². The number of ether oxygens (including phenoxy) is 2. The van der Waals surface area contributed by atoms with Crippen molar-refractivity contribution in [2.24, 2.45) is 0 Å². The minimum atomic E-state index is -4.52. The highest BCUT2D eigenvalue weighted by Crippen LogP contribution is 2.32. The smallest absolute Gasteiger partial charge is 0.416 e. The molecule has 1 rings (SSSR count). The predicted molar refractivity (Wildman–Crippen MR) is 77.4 cm³/mol. The van der Waals surface area contributed by atoms with Crippen LogP contribution in [0.5, 0.6) is 5.75 Å². The highest BCUT2D eigenvalue weighted by molar-refractivity contribution is 5.79. The lowest BCUT2D eigenvalue weighted by atomic mass is 10.1. The Morgan fingerprint density at radius 3 is 2.39 bits per heavy atom. The Bertz CT molecular complexity index is 559. The first-order valence-electron chi connectivity index (χ1n) is 7.04. The molecule has 4 nitrogen and oxygen atoms in total. The minimum absolute atomic E-state index is 0.00138. The van der Waals surface area contributed by atoms with Gasteiger partial charge in [0.15, 0.2) is 6.29 Å². The molecule has 0 radical (unpaired) electrons. The molecule has 0 N–H and O–H groups in total. The van der Waals surface area contributed by atoms with Gasteiger partial charge in [0.05, 0.1) is 17.7 Å². The molecule has 0 saturated heterocycles. The molecule has 1 aromatic rings. The summed E-state index contributed by atoms with van der Waals surface area (Å²) in [5.41, 5.74) is -1.47. The molecule has 0 atom stereocenters. The van der Waals surface area contributed by atoms with Crippen molar-refractivity contribution in [3.63, 3.8) is 0 Å². The topological polar surface area (TPSA) is 52.6 Å². The van der Waals surface area contributed by atoms with Gasteiger partial charge in [0, 0.05) is 6.42 Å². The van der Waals surface area contributed by atoms with Gasteiger partial charge in [-0.3, -0.25) is 9.59 Å². The zero-order chi connectivity index (χ0) is 17.7. The van der Waals surface area contributed by atoms with Gasteiger partial charge in [-0.1, -0.05) is 0 Å². The van der Waals surface area contributed by atoms with Crippen molar-refractivity contribution >= 4 is 12.3 Å². The number of alkyl halides is 3. The Labute approximate surface area is 132 Å². The summed E-state index contributed by atoms with van der Waals surface area (Å²) >= 11 is 0. The molecule has 0 aliphatic rings. The van der Waals surface area contributed by atoms with E-state index in [1.807, 2.05) is 0 Å². The van der Waals surface area contributed by atoms with Crippen LogP contribution in [0.15, 0.2) is 18.2 Å². The largest absolute Gasteiger partial charge is 0.493 e. The van der Waals surface area contributed by atoms with E-state index in [-0.39, 0.29) is 30.8 Å². The molecule has 0 heterocycles. The zero-order valence-corrected chi connectivity index (χ0v) is 13.2. The summed E-state index contributed by atoms with van der Waals surface area (Å²) in [5, 5.41) is 0. The van der Waals surface area contributed by atoms with E-state index in [0.717, 1.165) is 18.2 Å². The molecule has 0 amide bonds. The van der Waals surface area contributed by atoms with Crippen molar-refractivity contribution in [3.8, 4) is 5.75 Å². The number of hydrogen-bond acceptors (Lipinski definition) is 4. The van der Waals surface area contributed by atoms with E-state index in [1.165, 1.54) is 0 Å². The maximum atomic E-state index is 12.7. The van der Waals surface area contributed by atoms with Gasteiger partial charge >= 0.3 is 12.1 Å². The average molecular weight is 332 g/mol. The van der Waals surface area contributed by atoms with Crippen molar-refractivity contribution in [2.75, 3.05) is 6.61 Å². The Hall–Kier alpha value is -2.05. The summed E-state index contributed by atoms with van der Waals surface area (Å²) in [6.45, 7) is 5.21. The fourth-order valence-corrected chi connectivity index (χ4v) is 1.72. The number of hydrogen-bond donors (Lipinski definition) is 0. The number of carbonyl (C=O) groups excluding carboxylic acids is 2. The molecule has 1 aromatic carbocycles. The highest BCUT2D eigenvalue weighted by Gasteiger charge is 2.31. The van der Waals surface area contributed by atoms with Gasteiger partial charge in [0.1, 0.15) is 11.4 Å². The molecule has 0 aromatic heterocycles. The second-order valence-electron chi connectivity index (χ2n) is 5.91. The van der Waals surface area contributed by atoms with E-state index in [4.69, 9.17) is 9.47 Å². The molecule has 0 aliphatic heterocycles. The van der Waals surface area contributed by atoms with Crippen LogP contribution in [0.3, 0.4) is 0 Å². The molecule has 0 unspecified atom stereocenters. The third-order valence-corrected chi connectivity index (χ3v) is 2.67. The van der Waals surface area contributed by atoms with E-state index in [9.17, 15) is 22.8 Å². The molecule has 23 heavy (non-hydrogen) atoms. The van der Waals surface area contributed by atoms with Crippen molar-refractivity contribution in [3.05, 3.63) is 29.3 Å². The number of benzene rings is 1. The third-order valence-electron chi connectivity index (χ3n) is 2.67. The van der Waals surface area contributed by atoms with Gasteiger partial charge in [-0.05, 0) is 45.4 Å². The SMILES string of the molecule is CC(C)(C)OC(=O)CCCOc1cc(C(F)(F)F)ccc1C=O. The summed E-state index contributed by atoms with van der Waals surface area (Å²) in [5.74, 6) is -0.570. The first-order valence-corrected chi connectivity index (χ1v) is 7.04. The highest BCUT2D eigenvalue weighted by atomic mass is 19.4. The van der Waals surface area contributed by atoms with Crippen LogP contribution in [0.25, 0.3) is 0 Å². The lowest BCUT2D eigenvalue weighted by molar-refractivity contribution is -0.155. The van der Waals surface area contributed by atoms with Gasteiger partial charge < -0.3 is 9.47 Å². The van der Waals surface area contributed by atoms with Crippen molar-refractivity contribution in [2.45, 2.75) is 45.4 Å². The molecule has 0 fully saturated rings. The molecule has 7 heteroatoms. The summed E-state index contributed by atoms with van der Waals surface area (Å²) in [6, 6.07) is 2.65. The fourth-order valence-electron chi connectivity index (χ4n) is 1.72. The van der Waals surface area contributed by atoms with Crippen LogP contribution in [-0.2, 0) is 15.7 Å². The summed E-state index contributed by atoms with van der Waals surface area (Å²) < 4.78 is 48.3. The Morgan fingerprint density at radius 1 is 1.22 bits per heavy atom. The molecule has 0 aliphatic carbocycles. The standard InChI is InChI=1S/C16H19F3O4/c1-15(2,3)23-14(21)5-4-8-22-13-9-12(16(17,18)19)7-6-11(13)10-20/h6-7,9-10H,4-5,8H2,1-3H3. The number of halogens is 3. The van der Waals surface area contributed by atoms with Gasteiger partial charge in [-0.25, -0.2) is 0 Å². The van der Waals surface area contributed by atoms with E-state index in [0.29, 0.717) is 6.29 Å². The van der Waals surface area contributed by atoms with E-state index in [1.54, 1.807) is 20.8 Å². The lowest BCUT2D eigenvalue weighted by Crippen LogP contribution is -2.24. The summed E-state index contributed by atoms with van der Waals surface area (Å²) in [4.78, 5) is 22.3. The Morgan fingerprint density at radius 2 is 1.87 bits per heavy atom. The van der Waals surface area contributed by atoms with Gasteiger partial charge in [-0.15, -0.1) is 0 Å². The maximum absolute atomic E-state index is 12.7. The molecule has 0 bridgehead atoms. The van der Waals surface area contributed by atoms with Crippen LogP contribution in [0.1, 0.15) is 49.5 Å². The first-order chi connectivity index (χ1) is 10.5. The summed E-state index contributed by atoms with van der Waals surface area (Å²) in [6.07, 6.45) is -3.75. The van der Waals surface area contributed by atoms with Crippen LogP contribution >= 0.6 is 0 Å². The quantitative estimate of drug-likeness (QED) is 0.448. The maximum Gasteiger partial charge on any atom is 0.416 e. The number of aldehydes is 1. The lowest BCUT2D eigenvalue weighted by Gasteiger charge is -2.19. The molecule has 0 spiro atoms. The zero-order valence-electron chi connectivity index (χ0n) is 13.2. The second kappa shape index (κ2) is 7.48. The molecule has 0 saturated carbocycles. The first kappa shape index (κ1) is 19.0. The van der Waals surface area contributed by atoms with Crippen molar-refractivity contribution in [1.82, 2.24) is 0 Å². The van der Waals surface area contributed by atoms with Crippen molar-refractivity contribution in [1.29, 1.82) is 0 Å². The van der Waals surface area contributed by atoms with Crippen LogP contribution in [0, 0.1) is 0 Å². The van der Waals surface area contributed by atoms with E-state index < -0.39 is 23.3 Å². The number of carbonyl (C=O) groups is 2. The predicted octanol–water partition coefficient (Wildman–Crippen LogP) is 4.02. The Kier molecular flexibility index (Phi) is 6.18. The third kappa shape index (κ3) is 6.71. The van der Waals surface area contributed by atoms with Crippen molar-refractivity contribution < 1.29 is 32.2 Å². The monoisotopic (exact) mass is 332 g/mol. The molecular formula is C16H19F3O4. The van der Waals surface area contributed by atoms with Gasteiger partial charge in [0.25, 0.3) is 0 Å². The number of esters is 1. The van der Waals surface area contributed by atoms with Crippen LogP contribution in [0.4, 0.5) is 13.2 Å². The van der Waals surface area contributed by atoms with E-state index >= 15 is 0 Å². The fraction of sp³-hybridized carbons (Fsp3) is 0.500. The summed E-state index contributed by atoms with van der Waals surface area (Å²) in [7, 11) is 0. The average Bonchev–Trinajstić information content (AvgIpc) is 2.40. The van der Waals surface area contributed by atoms with Gasteiger partial charge in [0.2, 0.25) is 0 Å². The normalized spacial score (nSPS) is 11.9. The minimum Gasteiger partial charge on any atom is -0.493 e. The Balaban J connectivity index is 2.60. The molecular weight excluding hydrogens is 313 g/mol. The molecule has 128 valence electrons. The van der Waals surface area contributed by atoms with Gasteiger partial charge in [-0.2, -0.15) is 13.2 Å². The van der Waals surface area contributed by atoms with E-state index in [2.05, 4.69) is 0 Å². The van der Waals surface area contributed by atoms with Crippen LogP contribution < -0.4 is 4.74 Å². The second-order valence-corrected chi connectivity index (χ2v) is 5.91.